The first kappa shape index (κ1) is 20.0. The fraction of sp³-hybridized carbons (Fsp3) is 0.200. The second-order valence-electron chi connectivity index (χ2n) is 5.23. The molecule has 0 bridgehead atoms. The minimum absolute atomic E-state index is 0. The van der Waals surface area contributed by atoms with Gasteiger partial charge in [0.25, 0.3) is 0 Å². The van der Waals surface area contributed by atoms with Crippen LogP contribution in [0.4, 0.5) is 0 Å². The minimum Gasteiger partial charge on any atom is -0.744 e. The van der Waals surface area contributed by atoms with Crippen LogP contribution < -0.4 is 29.6 Å². The smallest absolute Gasteiger partial charge is 0.744 e. The second-order valence-corrected chi connectivity index (χ2v) is 7.42. The molecule has 0 saturated carbocycles. The molecule has 0 saturated heterocycles. The van der Waals surface area contributed by atoms with Gasteiger partial charge in [0.1, 0.15) is 10.1 Å². The molecular formula is C15H13Cl2NaO3S. The maximum absolute atomic E-state index is 11.3. The molecule has 0 fully saturated rings. The summed E-state index contributed by atoms with van der Waals surface area (Å²) in [6, 6.07) is 11.7. The van der Waals surface area contributed by atoms with Crippen LogP contribution in [0.5, 0.6) is 0 Å². The van der Waals surface area contributed by atoms with E-state index in [9.17, 15) is 13.0 Å². The SMILES string of the molecule is CC(C)(c1ccc(Cl)cc1)c1ccc(Cl)c(S(=O)(=O)[O-])c1.[Na+]. The van der Waals surface area contributed by atoms with E-state index in [4.69, 9.17) is 23.2 Å². The van der Waals surface area contributed by atoms with E-state index in [-0.39, 0.29) is 34.6 Å². The summed E-state index contributed by atoms with van der Waals surface area (Å²) in [5.74, 6) is 0. The maximum atomic E-state index is 11.3. The van der Waals surface area contributed by atoms with Crippen molar-refractivity contribution < 1.29 is 42.5 Å². The Kier molecular flexibility index (Phi) is 6.56. The van der Waals surface area contributed by atoms with Gasteiger partial charge >= 0.3 is 29.6 Å². The molecule has 0 aliphatic carbocycles. The molecular weight excluding hydrogens is 354 g/mol. The van der Waals surface area contributed by atoms with Gasteiger partial charge in [-0.25, -0.2) is 8.42 Å². The van der Waals surface area contributed by atoms with Crippen LogP contribution >= 0.6 is 23.2 Å². The summed E-state index contributed by atoms with van der Waals surface area (Å²) in [4.78, 5) is -0.399. The molecule has 2 aromatic rings. The van der Waals surface area contributed by atoms with Gasteiger partial charge in [0, 0.05) is 10.4 Å². The molecule has 2 rings (SSSR count). The Bertz CT molecular complexity index is 772. The van der Waals surface area contributed by atoms with Crippen molar-refractivity contribution in [2.45, 2.75) is 24.2 Å². The van der Waals surface area contributed by atoms with Gasteiger partial charge in [-0.1, -0.05) is 55.2 Å². The molecule has 22 heavy (non-hydrogen) atoms. The first-order chi connectivity index (χ1) is 9.62. The number of halogens is 2. The van der Waals surface area contributed by atoms with Crippen molar-refractivity contribution in [3.05, 3.63) is 63.6 Å². The molecule has 0 aromatic heterocycles. The van der Waals surface area contributed by atoms with E-state index in [1.165, 1.54) is 12.1 Å². The van der Waals surface area contributed by atoms with Crippen LogP contribution in [0.1, 0.15) is 25.0 Å². The van der Waals surface area contributed by atoms with E-state index in [1.54, 1.807) is 18.2 Å². The van der Waals surface area contributed by atoms with Crippen LogP contribution in [-0.4, -0.2) is 13.0 Å². The van der Waals surface area contributed by atoms with Crippen LogP contribution in [0.3, 0.4) is 0 Å². The second kappa shape index (κ2) is 7.22. The Hall–Kier alpha value is -0.0700. The maximum Gasteiger partial charge on any atom is 1.00 e. The number of rotatable bonds is 3. The van der Waals surface area contributed by atoms with E-state index in [2.05, 4.69) is 0 Å². The summed E-state index contributed by atoms with van der Waals surface area (Å²) >= 11 is 11.7. The van der Waals surface area contributed by atoms with Gasteiger partial charge in [0.15, 0.2) is 0 Å². The van der Waals surface area contributed by atoms with Crippen LogP contribution in [0.25, 0.3) is 0 Å². The van der Waals surface area contributed by atoms with Gasteiger partial charge in [0.2, 0.25) is 0 Å². The molecule has 0 atom stereocenters. The van der Waals surface area contributed by atoms with Crippen molar-refractivity contribution in [2.75, 3.05) is 0 Å². The Balaban J connectivity index is 0.00000242. The van der Waals surface area contributed by atoms with E-state index < -0.39 is 20.4 Å². The molecule has 0 radical (unpaired) electrons. The molecule has 0 spiro atoms. The quantitative estimate of drug-likeness (QED) is 0.606. The van der Waals surface area contributed by atoms with E-state index in [0.717, 1.165) is 5.56 Å². The first-order valence-corrected chi connectivity index (χ1v) is 8.31. The minimum atomic E-state index is -4.61. The zero-order chi connectivity index (χ0) is 15.8. The van der Waals surface area contributed by atoms with Crippen molar-refractivity contribution >= 4 is 33.3 Å². The van der Waals surface area contributed by atoms with Crippen molar-refractivity contribution in [2.24, 2.45) is 0 Å². The third kappa shape index (κ3) is 4.26. The molecule has 7 heteroatoms. The molecule has 0 aliphatic rings. The van der Waals surface area contributed by atoms with Crippen molar-refractivity contribution in [1.82, 2.24) is 0 Å². The normalized spacial score (nSPS) is 11.9. The van der Waals surface area contributed by atoms with E-state index in [1.807, 2.05) is 26.0 Å². The van der Waals surface area contributed by atoms with Gasteiger partial charge < -0.3 is 4.55 Å². The number of benzene rings is 2. The van der Waals surface area contributed by atoms with Crippen molar-refractivity contribution in [3.8, 4) is 0 Å². The summed E-state index contributed by atoms with van der Waals surface area (Å²) in [5.41, 5.74) is 1.14. The van der Waals surface area contributed by atoms with E-state index >= 15 is 0 Å². The fourth-order valence-corrected chi connectivity index (χ4v) is 3.22. The van der Waals surface area contributed by atoms with Crippen LogP contribution in [0.2, 0.25) is 10.0 Å². The van der Waals surface area contributed by atoms with Crippen LogP contribution in [0, 0.1) is 0 Å². The Morgan fingerprint density at radius 2 is 1.45 bits per heavy atom. The van der Waals surface area contributed by atoms with E-state index in [0.29, 0.717) is 10.6 Å². The summed E-state index contributed by atoms with van der Waals surface area (Å²) in [7, 11) is -4.61. The Morgan fingerprint density at radius 3 is 1.95 bits per heavy atom. The van der Waals surface area contributed by atoms with Crippen LogP contribution in [0.15, 0.2) is 47.4 Å². The summed E-state index contributed by atoms with van der Waals surface area (Å²) in [6.07, 6.45) is 0. The van der Waals surface area contributed by atoms with Crippen molar-refractivity contribution in [3.63, 3.8) is 0 Å². The summed E-state index contributed by atoms with van der Waals surface area (Å²) < 4.78 is 33.8. The molecule has 0 heterocycles. The standard InChI is InChI=1S/C15H14Cl2O3S.Na/c1-15(2,10-3-6-12(16)7-4-10)11-5-8-13(17)14(9-11)21(18,19)20;/h3-9H,1-2H3,(H,18,19,20);/q;+1/p-1. The van der Waals surface area contributed by atoms with Crippen LogP contribution in [-0.2, 0) is 15.5 Å². The van der Waals surface area contributed by atoms with Gasteiger partial charge in [-0.05, 0) is 35.4 Å². The van der Waals surface area contributed by atoms with Gasteiger partial charge in [-0.2, -0.15) is 0 Å². The zero-order valence-corrected chi connectivity index (χ0v) is 16.8. The summed E-state index contributed by atoms with van der Waals surface area (Å²) in [5, 5.41) is 0.550. The largest absolute Gasteiger partial charge is 1.00 e. The molecule has 3 nitrogen and oxygen atoms in total. The number of hydrogen-bond acceptors (Lipinski definition) is 3. The average Bonchev–Trinajstić information content (AvgIpc) is 2.38. The molecule has 0 aliphatic heterocycles. The third-order valence-electron chi connectivity index (χ3n) is 3.49. The third-order valence-corrected chi connectivity index (χ3v) is 5.06. The molecule has 112 valence electrons. The molecule has 2 aromatic carbocycles. The van der Waals surface area contributed by atoms with Gasteiger partial charge in [-0.3, -0.25) is 0 Å². The molecule has 0 unspecified atom stereocenters. The van der Waals surface area contributed by atoms with Crippen molar-refractivity contribution in [1.29, 1.82) is 0 Å². The fourth-order valence-electron chi connectivity index (χ4n) is 2.12. The number of hydrogen-bond donors (Lipinski definition) is 0. The zero-order valence-electron chi connectivity index (χ0n) is 12.4. The monoisotopic (exact) mass is 366 g/mol. The molecule has 0 amide bonds. The topological polar surface area (TPSA) is 57.2 Å². The van der Waals surface area contributed by atoms with Gasteiger partial charge in [0.05, 0.1) is 9.92 Å². The predicted molar refractivity (Wildman–Crippen MR) is 83.0 cm³/mol. The Labute approximate surface area is 162 Å². The average molecular weight is 367 g/mol. The summed E-state index contributed by atoms with van der Waals surface area (Å²) in [6.45, 7) is 3.86. The molecule has 0 N–H and O–H groups in total. The van der Waals surface area contributed by atoms with Gasteiger partial charge in [-0.15, -0.1) is 0 Å². The Morgan fingerprint density at radius 1 is 0.955 bits per heavy atom. The predicted octanol–water partition coefficient (Wildman–Crippen LogP) is 1.23. The first-order valence-electron chi connectivity index (χ1n) is 6.14.